The number of fused-ring (bicyclic) bond motifs is 1. The van der Waals surface area contributed by atoms with Crippen LogP contribution in [0.3, 0.4) is 0 Å². The van der Waals surface area contributed by atoms with E-state index in [2.05, 4.69) is 10.1 Å². The van der Waals surface area contributed by atoms with Crippen LogP contribution in [0.15, 0.2) is 41.8 Å². The molecule has 0 atom stereocenters. The molecule has 0 saturated heterocycles. The molecule has 2 heterocycles. The summed E-state index contributed by atoms with van der Waals surface area (Å²) in [6, 6.07) is 7.09. The third-order valence-corrected chi connectivity index (χ3v) is 4.41. The van der Waals surface area contributed by atoms with Crippen LogP contribution in [0.4, 0.5) is 8.78 Å². The number of nitrogens with zero attached hydrogens (tertiary/aromatic N) is 5. The Labute approximate surface area is 147 Å². The molecule has 2 aromatic heterocycles. The van der Waals surface area contributed by atoms with Gasteiger partial charge < -0.3 is 9.47 Å². The number of thioether (sulfide) groups is 1. The van der Waals surface area contributed by atoms with Gasteiger partial charge in [-0.1, -0.05) is 12.1 Å². The molecule has 1 amide bonds. The molecule has 0 aliphatic heterocycles. The Bertz CT molecular complexity index is 892. The lowest BCUT2D eigenvalue weighted by Crippen LogP contribution is -2.29. The van der Waals surface area contributed by atoms with Gasteiger partial charge in [0.05, 0.1) is 17.2 Å². The minimum atomic E-state index is -2.60. The number of aromatic nitrogens is 4. The summed E-state index contributed by atoms with van der Waals surface area (Å²) in [5.41, 5.74) is 2.15. The van der Waals surface area contributed by atoms with Gasteiger partial charge in [0.2, 0.25) is 5.91 Å². The lowest BCUT2D eigenvalue weighted by molar-refractivity contribution is -0.131. The van der Waals surface area contributed by atoms with Crippen molar-refractivity contribution in [3.8, 4) is 0 Å². The van der Waals surface area contributed by atoms with E-state index in [1.807, 2.05) is 6.20 Å². The van der Waals surface area contributed by atoms with E-state index in [9.17, 15) is 13.6 Å². The zero-order chi connectivity index (χ0) is 18.0. The molecule has 0 aliphatic carbocycles. The van der Waals surface area contributed by atoms with E-state index in [1.54, 1.807) is 54.1 Å². The quantitative estimate of drug-likeness (QED) is 0.631. The third-order valence-electron chi connectivity index (χ3n) is 3.71. The lowest BCUT2D eigenvalue weighted by Gasteiger charge is -2.17. The Morgan fingerprint density at radius 1 is 1.36 bits per heavy atom. The topological polar surface area (TPSA) is 56.0 Å². The van der Waals surface area contributed by atoms with Gasteiger partial charge in [0.25, 0.3) is 5.76 Å². The maximum absolute atomic E-state index is 12.8. The fraction of sp³-hybridized carbons (Fsp3) is 0.312. The van der Waals surface area contributed by atoms with Crippen molar-refractivity contribution in [2.45, 2.75) is 24.0 Å². The zero-order valence-electron chi connectivity index (χ0n) is 13.8. The summed E-state index contributed by atoms with van der Waals surface area (Å²) in [5, 5.41) is 4.21. The molecule has 0 unspecified atom stereocenters. The van der Waals surface area contributed by atoms with Gasteiger partial charge in [0.15, 0.2) is 5.16 Å². The zero-order valence-corrected chi connectivity index (χ0v) is 14.6. The van der Waals surface area contributed by atoms with Gasteiger partial charge in [-0.2, -0.15) is 13.9 Å². The second-order valence-electron chi connectivity index (χ2n) is 5.62. The fourth-order valence-corrected chi connectivity index (χ4v) is 3.15. The summed E-state index contributed by atoms with van der Waals surface area (Å²) >= 11 is 0.346. The van der Waals surface area contributed by atoms with Gasteiger partial charge in [-0.05, 0) is 23.9 Å². The fourth-order valence-electron chi connectivity index (χ4n) is 2.55. The largest absolute Gasteiger partial charge is 0.340 e. The maximum Gasteiger partial charge on any atom is 0.291 e. The van der Waals surface area contributed by atoms with Crippen molar-refractivity contribution in [3.63, 3.8) is 0 Å². The Balaban J connectivity index is 1.82. The average Bonchev–Trinajstić information content (AvgIpc) is 3.11. The van der Waals surface area contributed by atoms with Crippen LogP contribution in [-0.4, -0.2) is 42.9 Å². The Morgan fingerprint density at radius 3 is 2.80 bits per heavy atom. The van der Waals surface area contributed by atoms with Gasteiger partial charge in [-0.3, -0.25) is 9.48 Å². The van der Waals surface area contributed by atoms with Crippen molar-refractivity contribution < 1.29 is 13.6 Å². The lowest BCUT2D eigenvalue weighted by atomic mass is 10.3. The summed E-state index contributed by atoms with van der Waals surface area (Å²) in [6.45, 7) is 0.350. The summed E-state index contributed by atoms with van der Waals surface area (Å²) in [4.78, 5) is 18.3. The van der Waals surface area contributed by atoms with Crippen molar-refractivity contribution in [1.82, 2.24) is 24.2 Å². The summed E-state index contributed by atoms with van der Waals surface area (Å²) in [6.07, 6.45) is 3.52. The number of hydrogen-bond donors (Lipinski definition) is 0. The molecule has 0 fully saturated rings. The van der Waals surface area contributed by atoms with Crippen LogP contribution in [0.5, 0.6) is 0 Å². The number of hydrogen-bond acceptors (Lipinski definition) is 4. The number of rotatable bonds is 6. The van der Waals surface area contributed by atoms with E-state index >= 15 is 0 Å². The van der Waals surface area contributed by atoms with E-state index in [4.69, 9.17) is 0 Å². The molecule has 0 N–H and O–H groups in total. The highest BCUT2D eigenvalue weighted by Crippen LogP contribution is 2.28. The highest BCUT2D eigenvalue weighted by atomic mass is 32.2. The highest BCUT2D eigenvalue weighted by Gasteiger charge is 2.19. The molecule has 1 aromatic carbocycles. The van der Waals surface area contributed by atoms with Gasteiger partial charge in [-0.25, -0.2) is 4.98 Å². The van der Waals surface area contributed by atoms with Crippen molar-refractivity contribution in [2.75, 3.05) is 7.05 Å². The first-order valence-electron chi connectivity index (χ1n) is 7.55. The molecule has 3 rings (SSSR count). The smallest absolute Gasteiger partial charge is 0.291 e. The van der Waals surface area contributed by atoms with Crippen LogP contribution >= 0.6 is 11.8 Å². The van der Waals surface area contributed by atoms with Crippen LogP contribution in [0.25, 0.3) is 11.0 Å². The number of carbonyl (C=O) groups is 1. The van der Waals surface area contributed by atoms with Gasteiger partial charge in [-0.15, -0.1) is 0 Å². The number of carbonyl (C=O) groups excluding carboxylic acids is 1. The molecular weight excluding hydrogens is 348 g/mol. The third kappa shape index (κ3) is 3.98. The summed E-state index contributed by atoms with van der Waals surface area (Å²) < 4.78 is 28.8. The average molecular weight is 365 g/mol. The van der Waals surface area contributed by atoms with Crippen molar-refractivity contribution in [2.24, 2.45) is 7.05 Å². The number of benzene rings is 1. The minimum absolute atomic E-state index is 0.0493. The predicted molar refractivity (Wildman–Crippen MR) is 91.3 cm³/mol. The molecule has 0 spiro atoms. The van der Waals surface area contributed by atoms with Crippen LogP contribution in [0.2, 0.25) is 0 Å². The molecule has 0 bridgehead atoms. The number of para-hydroxylation sites is 2. The molecule has 25 heavy (non-hydrogen) atoms. The number of alkyl halides is 2. The number of imidazole rings is 1. The van der Waals surface area contributed by atoms with Crippen LogP contribution in [0, 0.1) is 0 Å². The first-order valence-corrected chi connectivity index (χ1v) is 8.43. The number of halogens is 2. The number of aryl methyl sites for hydroxylation is 1. The van der Waals surface area contributed by atoms with Crippen LogP contribution < -0.4 is 0 Å². The summed E-state index contributed by atoms with van der Waals surface area (Å²) in [7, 11) is 3.48. The molecule has 0 radical (unpaired) electrons. The predicted octanol–water partition coefficient (Wildman–Crippen LogP) is 2.74. The summed E-state index contributed by atoms with van der Waals surface area (Å²) in [5.74, 6) is -2.79. The number of amides is 1. The Kier molecular flexibility index (Phi) is 5.03. The Hall–Kier alpha value is -2.42. The van der Waals surface area contributed by atoms with Crippen LogP contribution in [0.1, 0.15) is 5.56 Å². The van der Waals surface area contributed by atoms with E-state index in [1.165, 1.54) is 4.57 Å². The SMILES string of the molecule is CN(Cc1cnn(C)c1)C(=O)Cn1c(SC(F)F)nc2ccccc21. The van der Waals surface area contributed by atoms with E-state index in [0.29, 0.717) is 29.3 Å². The molecule has 132 valence electrons. The highest BCUT2D eigenvalue weighted by molar-refractivity contribution is 7.99. The standard InChI is InChI=1S/C16H17F2N5OS/c1-21(8-11-7-19-22(2)9-11)14(24)10-23-13-6-4-3-5-12(13)20-16(23)25-15(17)18/h3-7,9,15H,8,10H2,1-2H3. The number of likely N-dealkylation sites (N-methyl/N-ethyl adjacent to an activating group) is 1. The van der Waals surface area contributed by atoms with Crippen molar-refractivity contribution >= 4 is 28.7 Å². The van der Waals surface area contributed by atoms with Crippen LogP contribution in [-0.2, 0) is 24.9 Å². The van der Waals surface area contributed by atoms with Gasteiger partial charge in [0.1, 0.15) is 6.54 Å². The molecular formula is C16H17F2N5OS. The van der Waals surface area contributed by atoms with E-state index in [0.717, 1.165) is 5.56 Å². The second kappa shape index (κ2) is 7.22. The van der Waals surface area contributed by atoms with Gasteiger partial charge >= 0.3 is 0 Å². The first kappa shape index (κ1) is 17.4. The maximum atomic E-state index is 12.8. The monoisotopic (exact) mass is 365 g/mol. The second-order valence-corrected chi connectivity index (χ2v) is 6.58. The Morgan fingerprint density at radius 2 is 2.12 bits per heavy atom. The minimum Gasteiger partial charge on any atom is -0.340 e. The first-order chi connectivity index (χ1) is 11.9. The molecule has 0 saturated carbocycles. The molecule has 0 aliphatic rings. The molecule has 3 aromatic rings. The van der Waals surface area contributed by atoms with E-state index in [-0.39, 0.29) is 17.6 Å². The molecule has 6 nitrogen and oxygen atoms in total. The normalized spacial score (nSPS) is 11.4. The molecule has 9 heteroatoms. The van der Waals surface area contributed by atoms with Gasteiger partial charge in [0, 0.05) is 32.4 Å². The van der Waals surface area contributed by atoms with Crippen molar-refractivity contribution in [3.05, 3.63) is 42.2 Å². The van der Waals surface area contributed by atoms with E-state index < -0.39 is 5.76 Å². The van der Waals surface area contributed by atoms with Crippen molar-refractivity contribution in [1.29, 1.82) is 0 Å².